The Labute approximate surface area is 92.4 Å². The van der Waals surface area contributed by atoms with Gasteiger partial charge in [-0.3, -0.25) is 4.79 Å². The molecule has 0 saturated heterocycles. The third-order valence-corrected chi connectivity index (χ3v) is 1.70. The first kappa shape index (κ1) is 12.0. The quantitative estimate of drug-likeness (QED) is 0.370. The van der Waals surface area contributed by atoms with Crippen LogP contribution in [0.5, 0.6) is 5.75 Å². The number of ether oxygens (including phenoxy) is 2. The number of carbonyl (C=O) groups is 1. The largest absolute Gasteiger partial charge is 0.427 e. The lowest BCUT2D eigenvalue weighted by molar-refractivity contribution is -0.131. The van der Waals surface area contributed by atoms with Gasteiger partial charge in [0.1, 0.15) is 5.75 Å². The molecule has 1 unspecified atom stereocenters. The van der Waals surface area contributed by atoms with Gasteiger partial charge in [0.15, 0.2) is 0 Å². The lowest BCUT2D eigenvalue weighted by Crippen LogP contribution is -2.03. The van der Waals surface area contributed by atoms with Gasteiger partial charge in [0.2, 0.25) is 5.75 Å². The molecule has 0 aromatic heterocycles. The van der Waals surface area contributed by atoms with Gasteiger partial charge < -0.3 is 14.6 Å². The Kier molecular flexibility index (Phi) is 4.55. The number of alkyl halides is 1. The van der Waals surface area contributed by atoms with E-state index < -0.39 is 5.75 Å². The number of carbonyl (C=O) groups excluding carboxylic acids is 1. The maximum Gasteiger partial charge on any atom is 0.308 e. The highest BCUT2D eigenvalue weighted by Crippen LogP contribution is 2.13. The zero-order valence-electron chi connectivity index (χ0n) is 8.14. The summed E-state index contributed by atoms with van der Waals surface area (Å²) >= 11 is 5.19. The van der Waals surface area contributed by atoms with Crippen molar-refractivity contribution in [2.24, 2.45) is 0 Å². The number of halogens is 1. The molecule has 1 rings (SSSR count). The zero-order valence-corrected chi connectivity index (χ0v) is 8.90. The normalized spacial score (nSPS) is 12.2. The number of aliphatic hydroxyl groups is 1. The Morgan fingerprint density at radius 3 is 2.53 bits per heavy atom. The van der Waals surface area contributed by atoms with Gasteiger partial charge in [-0.1, -0.05) is 23.7 Å². The molecule has 1 aromatic rings. The highest BCUT2D eigenvalue weighted by Gasteiger charge is 2.00. The Morgan fingerprint density at radius 2 is 2.07 bits per heavy atom. The van der Waals surface area contributed by atoms with Crippen molar-refractivity contribution in [1.82, 2.24) is 0 Å². The van der Waals surface area contributed by atoms with E-state index in [-0.39, 0.29) is 12.6 Å². The Bertz CT molecular complexity index is 321. The monoisotopic (exact) mass is 230 g/mol. The molecular formula is C10H11ClO4. The lowest BCUT2D eigenvalue weighted by atomic mass is 10.2. The van der Waals surface area contributed by atoms with Crippen molar-refractivity contribution >= 4 is 17.6 Å². The molecule has 1 N–H and O–H groups in total. The number of hydrogen-bond donors (Lipinski definition) is 1. The molecule has 0 aliphatic rings. The highest BCUT2D eigenvalue weighted by molar-refractivity contribution is 6.18. The molecule has 0 amide bonds. The average Bonchev–Trinajstić information content (AvgIpc) is 2.16. The first-order valence-corrected chi connectivity index (χ1v) is 4.72. The summed E-state index contributed by atoms with van der Waals surface area (Å²) < 4.78 is 9.60. The molecule has 1 aromatic carbocycles. The number of benzene rings is 1. The van der Waals surface area contributed by atoms with Crippen LogP contribution in [0.2, 0.25) is 0 Å². The van der Waals surface area contributed by atoms with Crippen molar-refractivity contribution in [3.8, 4) is 5.75 Å². The first-order valence-electron chi connectivity index (χ1n) is 4.29. The van der Waals surface area contributed by atoms with E-state index in [4.69, 9.17) is 26.2 Å². The van der Waals surface area contributed by atoms with Crippen LogP contribution in [0.4, 0.5) is 0 Å². The number of aliphatic hydroxyl groups excluding tert-OH is 1. The molecule has 4 nitrogen and oxygen atoms in total. The van der Waals surface area contributed by atoms with Crippen LogP contribution in [0.25, 0.3) is 0 Å². The van der Waals surface area contributed by atoms with Crippen molar-refractivity contribution < 1.29 is 19.4 Å². The molecule has 0 saturated carbocycles. The number of rotatable bonds is 4. The summed E-state index contributed by atoms with van der Waals surface area (Å²) in [6.45, 7) is 1.53. The molecule has 0 spiro atoms. The summed E-state index contributed by atoms with van der Waals surface area (Å²) in [5.41, 5.74) is 0.825. The van der Waals surface area contributed by atoms with E-state index >= 15 is 0 Å². The SMILES string of the molecule is CC(=O)Oc1ccc(COC(O)Cl)cc1. The summed E-state index contributed by atoms with van der Waals surface area (Å²) in [7, 11) is 0. The molecule has 0 radical (unpaired) electrons. The minimum atomic E-state index is -1.31. The topological polar surface area (TPSA) is 55.8 Å². The summed E-state index contributed by atoms with van der Waals surface area (Å²) in [5.74, 6) is -1.20. The molecule has 15 heavy (non-hydrogen) atoms. The summed E-state index contributed by atoms with van der Waals surface area (Å²) in [6, 6.07) is 6.72. The van der Waals surface area contributed by atoms with Gasteiger partial charge in [-0.2, -0.15) is 0 Å². The van der Waals surface area contributed by atoms with E-state index in [0.29, 0.717) is 5.75 Å². The van der Waals surface area contributed by atoms with E-state index in [1.807, 2.05) is 0 Å². The second kappa shape index (κ2) is 5.70. The van der Waals surface area contributed by atoms with Crippen LogP contribution in [-0.2, 0) is 16.1 Å². The molecule has 5 heteroatoms. The average molecular weight is 231 g/mol. The summed E-state index contributed by atoms with van der Waals surface area (Å²) in [6.07, 6.45) is 0. The second-order valence-corrected chi connectivity index (χ2v) is 3.21. The predicted octanol–water partition coefficient (Wildman–Crippen LogP) is 1.64. The van der Waals surface area contributed by atoms with Crippen LogP contribution in [0.1, 0.15) is 12.5 Å². The molecule has 0 bridgehead atoms. The van der Waals surface area contributed by atoms with Crippen molar-refractivity contribution in [3.05, 3.63) is 29.8 Å². The molecular weight excluding hydrogens is 220 g/mol. The predicted molar refractivity (Wildman–Crippen MR) is 54.4 cm³/mol. The first-order chi connectivity index (χ1) is 7.08. The van der Waals surface area contributed by atoms with Gasteiger partial charge in [0.05, 0.1) is 6.61 Å². The third kappa shape index (κ3) is 4.78. The molecule has 0 aliphatic carbocycles. The number of esters is 1. The van der Waals surface area contributed by atoms with E-state index in [2.05, 4.69) is 0 Å². The minimum absolute atomic E-state index is 0.199. The van der Waals surface area contributed by atoms with Crippen molar-refractivity contribution in [1.29, 1.82) is 0 Å². The van der Waals surface area contributed by atoms with E-state index in [1.165, 1.54) is 6.92 Å². The lowest BCUT2D eigenvalue weighted by Gasteiger charge is -2.06. The van der Waals surface area contributed by atoms with Gasteiger partial charge in [-0.15, -0.1) is 0 Å². The maximum atomic E-state index is 10.6. The second-order valence-electron chi connectivity index (χ2n) is 2.84. The van der Waals surface area contributed by atoms with Gasteiger partial charge in [-0.05, 0) is 17.7 Å². The summed E-state index contributed by atoms with van der Waals surface area (Å²) in [5, 5.41) is 8.66. The van der Waals surface area contributed by atoms with Gasteiger partial charge in [0, 0.05) is 6.92 Å². The fourth-order valence-corrected chi connectivity index (χ4v) is 1.05. The van der Waals surface area contributed by atoms with Crippen molar-refractivity contribution in [2.75, 3.05) is 0 Å². The van der Waals surface area contributed by atoms with Crippen molar-refractivity contribution in [3.63, 3.8) is 0 Å². The summed E-state index contributed by atoms with van der Waals surface area (Å²) in [4.78, 5) is 10.6. The van der Waals surface area contributed by atoms with Gasteiger partial charge in [0.25, 0.3) is 0 Å². The van der Waals surface area contributed by atoms with Crippen molar-refractivity contribution in [2.45, 2.75) is 19.3 Å². The van der Waals surface area contributed by atoms with Crippen LogP contribution >= 0.6 is 11.6 Å². The zero-order chi connectivity index (χ0) is 11.3. The Morgan fingerprint density at radius 1 is 1.47 bits per heavy atom. The van der Waals surface area contributed by atoms with Crippen LogP contribution < -0.4 is 4.74 Å². The molecule has 0 aliphatic heterocycles. The smallest absolute Gasteiger partial charge is 0.308 e. The van der Waals surface area contributed by atoms with Crippen LogP contribution in [0, 0.1) is 0 Å². The molecule has 1 atom stereocenters. The Hall–Kier alpha value is -1.10. The molecule has 0 heterocycles. The Balaban J connectivity index is 2.52. The van der Waals surface area contributed by atoms with E-state index in [0.717, 1.165) is 5.56 Å². The standard InChI is InChI=1S/C10H11ClO4/c1-7(12)15-9-4-2-8(3-5-9)6-14-10(11)13/h2-5,10,13H,6H2,1H3. The highest BCUT2D eigenvalue weighted by atomic mass is 35.5. The molecule has 0 fully saturated rings. The van der Waals surface area contributed by atoms with Crippen LogP contribution in [0.3, 0.4) is 0 Å². The van der Waals surface area contributed by atoms with Crippen LogP contribution in [0.15, 0.2) is 24.3 Å². The third-order valence-electron chi connectivity index (χ3n) is 1.57. The fraction of sp³-hybridized carbons (Fsp3) is 0.300. The number of hydrogen-bond acceptors (Lipinski definition) is 4. The fourth-order valence-electron chi connectivity index (χ4n) is 0.985. The molecule has 82 valence electrons. The van der Waals surface area contributed by atoms with Gasteiger partial charge >= 0.3 is 5.97 Å². The van der Waals surface area contributed by atoms with Crippen LogP contribution in [-0.4, -0.2) is 16.8 Å². The maximum absolute atomic E-state index is 10.6. The minimum Gasteiger partial charge on any atom is -0.427 e. The van der Waals surface area contributed by atoms with E-state index in [1.54, 1.807) is 24.3 Å². The van der Waals surface area contributed by atoms with E-state index in [9.17, 15) is 4.79 Å². The van der Waals surface area contributed by atoms with Gasteiger partial charge in [-0.25, -0.2) is 0 Å².